The summed E-state index contributed by atoms with van der Waals surface area (Å²) in [7, 11) is 3.58. The van der Waals surface area contributed by atoms with Crippen LogP contribution in [0.1, 0.15) is 32.4 Å². The Labute approximate surface area is 139 Å². The van der Waals surface area contributed by atoms with Gasteiger partial charge in [-0.05, 0) is 45.5 Å². The first kappa shape index (κ1) is 19.0. The van der Waals surface area contributed by atoms with Crippen LogP contribution in [0, 0.1) is 17.2 Å². The second-order valence-electron chi connectivity index (χ2n) is 5.83. The molecule has 2 unspecified atom stereocenters. The quantitative estimate of drug-likeness (QED) is 0.740. The van der Waals surface area contributed by atoms with Crippen LogP contribution in [-0.2, 0) is 4.79 Å². The molecule has 1 aromatic carbocycles. The fraction of sp³-hybridized carbons (Fsp3) is 0.556. The van der Waals surface area contributed by atoms with Gasteiger partial charge in [-0.15, -0.1) is 0 Å². The van der Waals surface area contributed by atoms with Gasteiger partial charge < -0.3 is 9.64 Å². The summed E-state index contributed by atoms with van der Waals surface area (Å²) in [6.45, 7) is 7.28. The summed E-state index contributed by atoms with van der Waals surface area (Å²) in [5, 5.41) is 8.91. The number of hydrogen-bond donors (Lipinski definition) is 0. The Morgan fingerprint density at radius 2 is 1.91 bits per heavy atom. The fourth-order valence-electron chi connectivity index (χ4n) is 2.37. The van der Waals surface area contributed by atoms with E-state index in [4.69, 9.17) is 10.00 Å². The standard InChI is InChI=1S/C18H27N3O2/c1-6-21(12-14(2)11-19)18(22)13-20(4)15(3)16-7-9-17(23-5)10-8-16/h7-10,14-15H,6,12-13H2,1-5H3. The molecule has 0 aromatic heterocycles. The van der Waals surface area contributed by atoms with E-state index >= 15 is 0 Å². The normalized spacial score (nSPS) is 13.3. The summed E-state index contributed by atoms with van der Waals surface area (Å²) >= 11 is 0. The van der Waals surface area contributed by atoms with Crippen molar-refractivity contribution in [2.24, 2.45) is 5.92 Å². The molecule has 23 heavy (non-hydrogen) atoms. The Bertz CT molecular complexity index is 536. The summed E-state index contributed by atoms with van der Waals surface area (Å²) in [5.74, 6) is 0.725. The molecule has 0 saturated carbocycles. The van der Waals surface area contributed by atoms with Crippen molar-refractivity contribution in [3.05, 3.63) is 29.8 Å². The Morgan fingerprint density at radius 3 is 2.39 bits per heavy atom. The number of benzene rings is 1. The highest BCUT2D eigenvalue weighted by Gasteiger charge is 2.19. The predicted octanol–water partition coefficient (Wildman–Crippen LogP) is 2.70. The highest BCUT2D eigenvalue weighted by Crippen LogP contribution is 2.21. The third-order valence-electron chi connectivity index (χ3n) is 4.09. The van der Waals surface area contributed by atoms with Gasteiger partial charge in [-0.1, -0.05) is 12.1 Å². The third-order valence-corrected chi connectivity index (χ3v) is 4.09. The Morgan fingerprint density at radius 1 is 1.30 bits per heavy atom. The monoisotopic (exact) mass is 317 g/mol. The number of nitriles is 1. The van der Waals surface area contributed by atoms with E-state index in [1.165, 1.54) is 0 Å². The van der Waals surface area contributed by atoms with Crippen molar-refractivity contribution in [3.8, 4) is 11.8 Å². The molecule has 2 atom stereocenters. The average molecular weight is 317 g/mol. The molecular formula is C18H27N3O2. The van der Waals surface area contributed by atoms with Crippen molar-refractivity contribution in [1.82, 2.24) is 9.80 Å². The summed E-state index contributed by atoms with van der Waals surface area (Å²) in [5.41, 5.74) is 1.13. The number of amides is 1. The lowest BCUT2D eigenvalue weighted by Crippen LogP contribution is -2.41. The van der Waals surface area contributed by atoms with Crippen molar-refractivity contribution in [1.29, 1.82) is 5.26 Å². The lowest BCUT2D eigenvalue weighted by atomic mass is 10.1. The highest BCUT2D eigenvalue weighted by molar-refractivity contribution is 5.78. The van der Waals surface area contributed by atoms with Gasteiger partial charge in [-0.2, -0.15) is 5.26 Å². The fourth-order valence-corrected chi connectivity index (χ4v) is 2.37. The maximum Gasteiger partial charge on any atom is 0.236 e. The number of methoxy groups -OCH3 is 1. The first-order chi connectivity index (χ1) is 10.9. The second kappa shape index (κ2) is 9.16. The summed E-state index contributed by atoms with van der Waals surface area (Å²) in [6.07, 6.45) is 0. The molecule has 0 radical (unpaired) electrons. The van der Waals surface area contributed by atoms with Crippen molar-refractivity contribution in [2.45, 2.75) is 26.8 Å². The zero-order chi connectivity index (χ0) is 17.4. The SMILES string of the molecule is CCN(CC(C)C#N)C(=O)CN(C)C(C)c1ccc(OC)cc1. The number of carbonyl (C=O) groups is 1. The maximum atomic E-state index is 12.4. The van der Waals surface area contributed by atoms with Crippen LogP contribution in [0.2, 0.25) is 0 Å². The minimum absolute atomic E-state index is 0.0532. The van der Waals surface area contributed by atoms with Crippen LogP contribution >= 0.6 is 0 Å². The van der Waals surface area contributed by atoms with Gasteiger partial charge >= 0.3 is 0 Å². The molecular weight excluding hydrogens is 290 g/mol. The highest BCUT2D eigenvalue weighted by atomic mass is 16.5. The van der Waals surface area contributed by atoms with Gasteiger partial charge in [0.2, 0.25) is 5.91 Å². The molecule has 1 amide bonds. The number of hydrogen-bond acceptors (Lipinski definition) is 4. The lowest BCUT2D eigenvalue weighted by Gasteiger charge is -2.28. The first-order valence-corrected chi connectivity index (χ1v) is 7.94. The minimum Gasteiger partial charge on any atom is -0.497 e. The Balaban J connectivity index is 2.66. The maximum absolute atomic E-state index is 12.4. The number of rotatable bonds is 8. The van der Waals surface area contributed by atoms with Crippen LogP contribution in [0.5, 0.6) is 5.75 Å². The van der Waals surface area contributed by atoms with Gasteiger partial charge in [0.25, 0.3) is 0 Å². The zero-order valence-electron chi connectivity index (χ0n) is 14.7. The van der Waals surface area contributed by atoms with Crippen LogP contribution in [0.3, 0.4) is 0 Å². The summed E-state index contributed by atoms with van der Waals surface area (Å²) < 4.78 is 5.17. The van der Waals surface area contributed by atoms with E-state index in [1.807, 2.05) is 50.1 Å². The van der Waals surface area contributed by atoms with Crippen LogP contribution in [0.15, 0.2) is 24.3 Å². The molecule has 0 heterocycles. The summed E-state index contributed by atoms with van der Waals surface area (Å²) in [4.78, 5) is 16.2. The van der Waals surface area contributed by atoms with Gasteiger partial charge in [0, 0.05) is 19.1 Å². The lowest BCUT2D eigenvalue weighted by molar-refractivity contribution is -0.132. The van der Waals surface area contributed by atoms with E-state index in [2.05, 4.69) is 13.0 Å². The Hall–Kier alpha value is -2.06. The topological polar surface area (TPSA) is 56.6 Å². The van der Waals surface area contributed by atoms with E-state index in [1.54, 1.807) is 12.0 Å². The number of carbonyl (C=O) groups excluding carboxylic acids is 1. The number of nitrogens with zero attached hydrogens (tertiary/aromatic N) is 3. The molecule has 1 rings (SSSR count). The van der Waals surface area contributed by atoms with Gasteiger partial charge in [0.15, 0.2) is 0 Å². The van der Waals surface area contributed by atoms with E-state index in [-0.39, 0.29) is 17.9 Å². The minimum atomic E-state index is -0.150. The third kappa shape index (κ3) is 5.57. The number of ether oxygens (including phenoxy) is 1. The molecule has 126 valence electrons. The Kier molecular flexibility index (Phi) is 7.56. The van der Waals surface area contributed by atoms with Gasteiger partial charge in [0.1, 0.15) is 5.75 Å². The average Bonchev–Trinajstić information content (AvgIpc) is 2.58. The van der Waals surface area contributed by atoms with Crippen LogP contribution < -0.4 is 4.74 Å². The van der Waals surface area contributed by atoms with E-state index in [0.717, 1.165) is 11.3 Å². The molecule has 0 spiro atoms. The van der Waals surface area contributed by atoms with Crippen molar-refractivity contribution in [2.75, 3.05) is 33.8 Å². The largest absolute Gasteiger partial charge is 0.497 e. The van der Waals surface area contributed by atoms with E-state index in [0.29, 0.717) is 19.6 Å². The molecule has 0 fully saturated rings. The predicted molar refractivity (Wildman–Crippen MR) is 91.1 cm³/mol. The summed E-state index contributed by atoms with van der Waals surface area (Å²) in [6, 6.07) is 10.2. The molecule has 1 aromatic rings. The van der Waals surface area contributed by atoms with Crippen LogP contribution in [0.4, 0.5) is 0 Å². The first-order valence-electron chi connectivity index (χ1n) is 7.94. The molecule has 0 saturated heterocycles. The second-order valence-corrected chi connectivity index (χ2v) is 5.83. The van der Waals surface area contributed by atoms with Crippen LogP contribution in [-0.4, -0.2) is 49.5 Å². The molecule has 0 aliphatic rings. The smallest absolute Gasteiger partial charge is 0.236 e. The van der Waals surface area contributed by atoms with Crippen molar-refractivity contribution >= 4 is 5.91 Å². The number of likely N-dealkylation sites (N-methyl/N-ethyl adjacent to an activating group) is 2. The van der Waals surface area contributed by atoms with Gasteiger partial charge in [-0.3, -0.25) is 9.69 Å². The van der Waals surface area contributed by atoms with E-state index in [9.17, 15) is 4.79 Å². The van der Waals surface area contributed by atoms with Crippen LogP contribution in [0.25, 0.3) is 0 Å². The van der Waals surface area contributed by atoms with Gasteiger partial charge in [-0.25, -0.2) is 0 Å². The molecule has 5 heteroatoms. The van der Waals surface area contributed by atoms with Crippen molar-refractivity contribution in [3.63, 3.8) is 0 Å². The molecule has 5 nitrogen and oxygen atoms in total. The van der Waals surface area contributed by atoms with Gasteiger partial charge in [0.05, 0.1) is 25.6 Å². The molecule has 0 bridgehead atoms. The molecule has 0 aliphatic carbocycles. The van der Waals surface area contributed by atoms with E-state index < -0.39 is 0 Å². The molecule has 0 N–H and O–H groups in total. The van der Waals surface area contributed by atoms with Crippen molar-refractivity contribution < 1.29 is 9.53 Å². The molecule has 0 aliphatic heterocycles. The zero-order valence-corrected chi connectivity index (χ0v) is 14.7.